The number of hydrogen-bond donors (Lipinski definition) is 1. The minimum Gasteiger partial charge on any atom is -0.477 e. The number of benzene rings is 1. The zero-order valence-electron chi connectivity index (χ0n) is 17.6. The third kappa shape index (κ3) is 2.84. The van der Waals surface area contributed by atoms with Crippen molar-refractivity contribution >= 4 is 17.7 Å². The van der Waals surface area contributed by atoms with Crippen LogP contribution in [-0.4, -0.2) is 21.9 Å². The van der Waals surface area contributed by atoms with Crippen LogP contribution in [0.2, 0.25) is 0 Å². The lowest BCUT2D eigenvalue weighted by Crippen LogP contribution is -2.30. The quantitative estimate of drug-likeness (QED) is 0.631. The van der Waals surface area contributed by atoms with E-state index in [-0.39, 0.29) is 5.69 Å². The zero-order chi connectivity index (χ0) is 21.0. The molecule has 0 amide bonds. The molecule has 0 spiro atoms. The maximum Gasteiger partial charge on any atom is 0.353 e. The van der Waals surface area contributed by atoms with Gasteiger partial charge in [-0.25, -0.2) is 4.79 Å². The standard InChI is InChI=1S/C25H28N2O2S/c1-27-22(24(28)29)21(20(14-26)23(27)30-2)16-6-8-19(9-7-16)25-11-15-4-3-5-17(12-25)18(10-15)13-25/h6-9,15,17-18H,3-5,10-13H2,1-2H3,(H,28,29)/t15-,17-,18?,25+/m0/s1. The average Bonchev–Trinajstić information content (AvgIpc) is 3.12. The van der Waals surface area contributed by atoms with E-state index in [1.165, 1.54) is 62.3 Å². The molecule has 1 aromatic carbocycles. The van der Waals surface area contributed by atoms with Crippen molar-refractivity contribution in [1.82, 2.24) is 4.57 Å². The molecule has 1 N–H and O–H groups in total. The molecule has 1 heterocycles. The Balaban J connectivity index is 1.56. The van der Waals surface area contributed by atoms with E-state index in [0.29, 0.717) is 21.6 Å². The number of nitriles is 1. The van der Waals surface area contributed by atoms with E-state index in [1.807, 2.05) is 6.26 Å². The van der Waals surface area contributed by atoms with Crippen molar-refractivity contribution in [2.45, 2.75) is 55.4 Å². The first-order chi connectivity index (χ1) is 14.5. The van der Waals surface area contributed by atoms with Gasteiger partial charge in [-0.2, -0.15) is 5.26 Å². The number of carboxylic acid groups (broad SMARTS) is 1. The summed E-state index contributed by atoms with van der Waals surface area (Å²) in [5, 5.41) is 20.3. The van der Waals surface area contributed by atoms with Crippen molar-refractivity contribution in [3.63, 3.8) is 0 Å². The molecule has 0 saturated heterocycles. The molecule has 3 aliphatic rings. The molecule has 3 fully saturated rings. The normalized spacial score (nSPS) is 29.6. The first-order valence-corrected chi connectivity index (χ1v) is 12.2. The molecular formula is C25H28N2O2S. The molecule has 4 nitrogen and oxygen atoms in total. The van der Waals surface area contributed by atoms with Gasteiger partial charge in [0.1, 0.15) is 11.8 Å². The topological polar surface area (TPSA) is 66.0 Å². The molecule has 156 valence electrons. The van der Waals surface area contributed by atoms with Crippen LogP contribution in [0.5, 0.6) is 0 Å². The summed E-state index contributed by atoms with van der Waals surface area (Å²) in [5.41, 5.74) is 3.75. The Labute approximate surface area is 182 Å². The summed E-state index contributed by atoms with van der Waals surface area (Å²) in [6, 6.07) is 10.8. The number of carboxylic acids is 1. The summed E-state index contributed by atoms with van der Waals surface area (Å²) >= 11 is 1.41. The Morgan fingerprint density at radius 3 is 2.60 bits per heavy atom. The van der Waals surface area contributed by atoms with Crippen molar-refractivity contribution in [2.24, 2.45) is 24.8 Å². The highest BCUT2D eigenvalue weighted by molar-refractivity contribution is 7.98. The van der Waals surface area contributed by atoms with E-state index >= 15 is 0 Å². The largest absolute Gasteiger partial charge is 0.477 e. The molecule has 4 atom stereocenters. The molecule has 5 rings (SSSR count). The molecule has 5 heteroatoms. The van der Waals surface area contributed by atoms with Crippen molar-refractivity contribution in [1.29, 1.82) is 5.26 Å². The Morgan fingerprint density at radius 2 is 1.93 bits per heavy atom. The van der Waals surface area contributed by atoms with Gasteiger partial charge >= 0.3 is 5.97 Å². The van der Waals surface area contributed by atoms with Crippen LogP contribution in [0, 0.1) is 29.1 Å². The Hall–Kier alpha value is -2.19. The lowest BCUT2D eigenvalue weighted by molar-refractivity contribution is 0.0686. The van der Waals surface area contributed by atoms with Crippen LogP contribution in [0.25, 0.3) is 11.1 Å². The first kappa shape index (κ1) is 19.8. The first-order valence-electron chi connectivity index (χ1n) is 11.0. The number of aromatic nitrogens is 1. The van der Waals surface area contributed by atoms with Crippen LogP contribution in [0.4, 0.5) is 0 Å². The van der Waals surface area contributed by atoms with Gasteiger partial charge in [0.05, 0.1) is 10.6 Å². The van der Waals surface area contributed by atoms with Gasteiger partial charge in [-0.15, -0.1) is 11.8 Å². The minimum atomic E-state index is -0.995. The third-order valence-electron chi connectivity index (χ3n) is 8.11. The number of fused-ring (bicyclic) bond motifs is 2. The average molecular weight is 421 g/mol. The van der Waals surface area contributed by atoms with Crippen molar-refractivity contribution in [3.8, 4) is 17.2 Å². The lowest BCUT2D eigenvalue weighted by Gasteiger charge is -2.38. The van der Waals surface area contributed by atoms with Crippen molar-refractivity contribution in [3.05, 3.63) is 41.1 Å². The summed E-state index contributed by atoms with van der Waals surface area (Å²) in [4.78, 5) is 12.0. The highest BCUT2D eigenvalue weighted by atomic mass is 32.2. The number of hydrogen-bond acceptors (Lipinski definition) is 3. The number of carbonyl (C=O) groups is 1. The Kier molecular flexibility index (Phi) is 4.74. The number of thioether (sulfide) groups is 1. The molecule has 0 aliphatic heterocycles. The molecule has 30 heavy (non-hydrogen) atoms. The van der Waals surface area contributed by atoms with Gasteiger partial charge in [0, 0.05) is 12.6 Å². The molecule has 3 bridgehead atoms. The summed E-state index contributed by atoms with van der Waals surface area (Å²) in [6.07, 6.45) is 11.5. The maximum absolute atomic E-state index is 12.0. The summed E-state index contributed by atoms with van der Waals surface area (Å²) in [6.45, 7) is 0. The Morgan fingerprint density at radius 1 is 1.20 bits per heavy atom. The predicted octanol–water partition coefficient (Wildman–Crippen LogP) is 5.84. The summed E-state index contributed by atoms with van der Waals surface area (Å²) in [5.74, 6) is 1.66. The summed E-state index contributed by atoms with van der Waals surface area (Å²) in [7, 11) is 1.73. The van der Waals surface area contributed by atoms with E-state index in [4.69, 9.17) is 0 Å². The Bertz CT molecular complexity index is 1040. The van der Waals surface area contributed by atoms with E-state index < -0.39 is 5.97 Å². The van der Waals surface area contributed by atoms with Gasteiger partial charge in [0.2, 0.25) is 0 Å². The number of nitrogens with zero attached hydrogens (tertiary/aromatic N) is 2. The van der Waals surface area contributed by atoms with Gasteiger partial charge in [-0.1, -0.05) is 43.5 Å². The van der Waals surface area contributed by atoms with Crippen LogP contribution in [-0.2, 0) is 12.5 Å². The highest BCUT2D eigenvalue weighted by Crippen LogP contribution is 2.60. The second-order valence-corrected chi connectivity index (χ2v) is 10.4. The highest BCUT2D eigenvalue weighted by Gasteiger charge is 2.52. The second kappa shape index (κ2) is 7.20. The zero-order valence-corrected chi connectivity index (χ0v) is 18.5. The smallest absolute Gasteiger partial charge is 0.353 e. The maximum atomic E-state index is 12.0. The fourth-order valence-electron chi connectivity index (χ4n) is 7.03. The van der Waals surface area contributed by atoms with Crippen LogP contribution in [0.3, 0.4) is 0 Å². The third-order valence-corrected chi connectivity index (χ3v) is 8.97. The van der Waals surface area contributed by atoms with Gasteiger partial charge in [0.15, 0.2) is 0 Å². The van der Waals surface area contributed by atoms with Crippen molar-refractivity contribution in [2.75, 3.05) is 6.26 Å². The van der Waals surface area contributed by atoms with Crippen LogP contribution >= 0.6 is 11.8 Å². The molecule has 0 radical (unpaired) electrons. The lowest BCUT2D eigenvalue weighted by atomic mass is 9.66. The molecule has 3 aliphatic carbocycles. The fourth-order valence-corrected chi connectivity index (χ4v) is 7.75. The minimum absolute atomic E-state index is 0.190. The molecule has 1 aromatic heterocycles. The van der Waals surface area contributed by atoms with Crippen LogP contribution < -0.4 is 0 Å². The van der Waals surface area contributed by atoms with E-state index in [1.54, 1.807) is 11.6 Å². The summed E-state index contributed by atoms with van der Waals surface area (Å²) < 4.78 is 1.64. The molecule has 3 saturated carbocycles. The fraction of sp³-hybridized carbons (Fsp3) is 0.520. The van der Waals surface area contributed by atoms with Gasteiger partial charge < -0.3 is 9.67 Å². The predicted molar refractivity (Wildman–Crippen MR) is 119 cm³/mol. The van der Waals surface area contributed by atoms with E-state index in [2.05, 4.69) is 30.3 Å². The second-order valence-electron chi connectivity index (χ2n) is 9.61. The van der Waals surface area contributed by atoms with Gasteiger partial charge in [-0.05, 0) is 66.2 Å². The number of aromatic carboxylic acids is 1. The molecular weight excluding hydrogens is 392 g/mol. The van der Waals surface area contributed by atoms with Gasteiger partial charge in [0.25, 0.3) is 0 Å². The molecule has 1 unspecified atom stereocenters. The van der Waals surface area contributed by atoms with Crippen molar-refractivity contribution < 1.29 is 9.90 Å². The van der Waals surface area contributed by atoms with E-state index in [9.17, 15) is 15.2 Å². The van der Waals surface area contributed by atoms with E-state index in [0.717, 1.165) is 23.3 Å². The molecule has 2 aromatic rings. The van der Waals surface area contributed by atoms with Gasteiger partial charge in [-0.3, -0.25) is 0 Å². The van der Waals surface area contributed by atoms with Crippen LogP contribution in [0.15, 0.2) is 29.3 Å². The SMILES string of the molecule is CSc1c(C#N)c(-c2ccc([C@@]34CC5C[C@H](CCC[C@H]5C3)C4)cc2)c(C(=O)O)n1C. The number of rotatable bonds is 4. The monoisotopic (exact) mass is 420 g/mol. The van der Waals surface area contributed by atoms with Crippen LogP contribution in [0.1, 0.15) is 66.6 Å².